The van der Waals surface area contributed by atoms with Crippen molar-refractivity contribution in [2.45, 2.75) is 31.0 Å². The fourth-order valence-corrected chi connectivity index (χ4v) is 2.16. The molecule has 1 saturated carbocycles. The summed E-state index contributed by atoms with van der Waals surface area (Å²) < 4.78 is 42.8. The Hall–Kier alpha value is -1.96. The average molecular weight is 332 g/mol. The van der Waals surface area contributed by atoms with Gasteiger partial charge in [-0.1, -0.05) is 6.07 Å². The molecule has 0 aliphatic heterocycles. The lowest BCUT2D eigenvalue weighted by molar-refractivity contribution is -0.137. The number of nitrogens with one attached hydrogen (secondary N) is 2. The van der Waals surface area contributed by atoms with Crippen LogP contribution in [0, 0.1) is 0 Å². The molecule has 1 aliphatic carbocycles. The molecule has 128 valence electrons. The fraction of sp³-hybridized carbons (Fsp3) is 0.533. The first-order chi connectivity index (χ1) is 10.8. The lowest BCUT2D eigenvalue weighted by Crippen LogP contribution is -2.50. The van der Waals surface area contributed by atoms with Gasteiger partial charge in [0.25, 0.3) is 0 Å². The van der Waals surface area contributed by atoms with Crippen molar-refractivity contribution in [3.8, 4) is 5.75 Å². The van der Waals surface area contributed by atoms with E-state index in [9.17, 15) is 23.1 Å². The SMILES string of the molecule is O=C(NCCOc1cccc(C(F)(F)F)c1)NCC1(O)CCC1. The van der Waals surface area contributed by atoms with Crippen LogP contribution >= 0.6 is 0 Å². The van der Waals surface area contributed by atoms with Crippen LogP contribution < -0.4 is 15.4 Å². The Morgan fingerprint density at radius 1 is 1.30 bits per heavy atom. The zero-order valence-electron chi connectivity index (χ0n) is 12.4. The minimum atomic E-state index is -4.42. The van der Waals surface area contributed by atoms with Crippen LogP contribution in [-0.4, -0.2) is 36.4 Å². The van der Waals surface area contributed by atoms with Crippen molar-refractivity contribution in [3.05, 3.63) is 29.8 Å². The smallest absolute Gasteiger partial charge is 0.416 e. The highest BCUT2D eigenvalue weighted by Crippen LogP contribution is 2.31. The van der Waals surface area contributed by atoms with Gasteiger partial charge in [0.05, 0.1) is 17.7 Å². The van der Waals surface area contributed by atoms with Gasteiger partial charge >= 0.3 is 12.2 Å². The Labute approximate surface area is 131 Å². The van der Waals surface area contributed by atoms with Crippen molar-refractivity contribution >= 4 is 6.03 Å². The van der Waals surface area contributed by atoms with E-state index in [-0.39, 0.29) is 25.4 Å². The molecule has 8 heteroatoms. The second-order valence-corrected chi connectivity index (χ2v) is 5.56. The summed E-state index contributed by atoms with van der Waals surface area (Å²) in [5.74, 6) is 0.0887. The molecule has 2 rings (SSSR count). The minimum absolute atomic E-state index is 0.0407. The molecule has 0 heterocycles. The zero-order chi connectivity index (χ0) is 16.9. The van der Waals surface area contributed by atoms with E-state index < -0.39 is 23.4 Å². The summed E-state index contributed by atoms with van der Waals surface area (Å²) in [5.41, 5.74) is -1.58. The Kier molecular flexibility index (Phi) is 5.35. The summed E-state index contributed by atoms with van der Waals surface area (Å²) in [4.78, 5) is 11.5. The molecule has 0 bridgehead atoms. The van der Waals surface area contributed by atoms with Gasteiger partial charge in [-0.2, -0.15) is 13.2 Å². The summed E-state index contributed by atoms with van der Waals surface area (Å²) in [6.45, 7) is 0.368. The zero-order valence-corrected chi connectivity index (χ0v) is 12.4. The van der Waals surface area contributed by atoms with Gasteiger partial charge in [-0.25, -0.2) is 4.79 Å². The van der Waals surface area contributed by atoms with Crippen LogP contribution in [0.4, 0.5) is 18.0 Å². The van der Waals surface area contributed by atoms with E-state index in [2.05, 4.69) is 10.6 Å². The molecular formula is C15H19F3N2O3. The van der Waals surface area contributed by atoms with Crippen molar-refractivity contribution in [2.24, 2.45) is 0 Å². The number of hydrogen-bond donors (Lipinski definition) is 3. The third-order valence-electron chi connectivity index (χ3n) is 3.68. The number of carbonyl (C=O) groups excluding carboxylic acids is 1. The summed E-state index contributed by atoms with van der Waals surface area (Å²) in [5, 5.41) is 14.9. The third-order valence-corrected chi connectivity index (χ3v) is 3.68. The van der Waals surface area contributed by atoms with Gasteiger partial charge in [-0.05, 0) is 37.5 Å². The maximum Gasteiger partial charge on any atom is 0.416 e. The highest BCUT2D eigenvalue weighted by Gasteiger charge is 2.34. The number of hydrogen-bond acceptors (Lipinski definition) is 3. The van der Waals surface area contributed by atoms with Crippen molar-refractivity contribution in [3.63, 3.8) is 0 Å². The van der Waals surface area contributed by atoms with E-state index in [0.29, 0.717) is 12.8 Å². The first-order valence-corrected chi connectivity index (χ1v) is 7.33. The maximum atomic E-state index is 12.5. The summed E-state index contributed by atoms with van der Waals surface area (Å²) >= 11 is 0. The van der Waals surface area contributed by atoms with Gasteiger partial charge in [-0.15, -0.1) is 0 Å². The van der Waals surface area contributed by atoms with Crippen molar-refractivity contribution in [1.82, 2.24) is 10.6 Å². The first kappa shape index (κ1) is 17.4. The molecule has 0 atom stereocenters. The van der Waals surface area contributed by atoms with Gasteiger partial charge in [0.2, 0.25) is 0 Å². The monoisotopic (exact) mass is 332 g/mol. The van der Waals surface area contributed by atoms with Crippen molar-refractivity contribution in [2.75, 3.05) is 19.7 Å². The van der Waals surface area contributed by atoms with Gasteiger partial charge in [-0.3, -0.25) is 0 Å². The number of carbonyl (C=O) groups is 1. The third kappa shape index (κ3) is 5.31. The molecule has 1 aromatic carbocycles. The lowest BCUT2D eigenvalue weighted by atomic mass is 9.80. The van der Waals surface area contributed by atoms with Crippen LogP contribution in [0.2, 0.25) is 0 Å². The number of urea groups is 1. The highest BCUT2D eigenvalue weighted by molar-refractivity contribution is 5.73. The van der Waals surface area contributed by atoms with Crippen LogP contribution in [0.3, 0.4) is 0 Å². The number of ether oxygens (including phenoxy) is 1. The molecule has 0 aromatic heterocycles. The molecule has 1 aliphatic rings. The minimum Gasteiger partial charge on any atom is -0.492 e. The summed E-state index contributed by atoms with van der Waals surface area (Å²) in [6, 6.07) is 4.10. The number of halogens is 3. The second kappa shape index (κ2) is 7.08. The number of amides is 2. The number of aliphatic hydroxyl groups is 1. The predicted octanol–water partition coefficient (Wildman–Crippen LogP) is 2.30. The molecule has 1 aromatic rings. The Morgan fingerprint density at radius 3 is 2.65 bits per heavy atom. The van der Waals surface area contributed by atoms with Crippen molar-refractivity contribution < 1.29 is 27.8 Å². The van der Waals surface area contributed by atoms with Crippen LogP contribution in [0.25, 0.3) is 0 Å². The molecular weight excluding hydrogens is 313 g/mol. The topological polar surface area (TPSA) is 70.6 Å². The van der Waals surface area contributed by atoms with E-state index in [1.807, 2.05) is 0 Å². The predicted molar refractivity (Wildman–Crippen MR) is 77.1 cm³/mol. The van der Waals surface area contributed by atoms with Gasteiger partial charge < -0.3 is 20.5 Å². The molecule has 1 fully saturated rings. The number of benzene rings is 1. The molecule has 3 N–H and O–H groups in total. The molecule has 0 spiro atoms. The summed E-state index contributed by atoms with van der Waals surface area (Å²) in [7, 11) is 0. The normalized spacial score (nSPS) is 16.3. The Morgan fingerprint density at radius 2 is 2.04 bits per heavy atom. The second-order valence-electron chi connectivity index (χ2n) is 5.56. The molecule has 23 heavy (non-hydrogen) atoms. The molecule has 0 radical (unpaired) electrons. The van der Waals surface area contributed by atoms with Crippen LogP contribution in [0.5, 0.6) is 5.75 Å². The number of alkyl halides is 3. The molecule has 5 nitrogen and oxygen atoms in total. The van der Waals surface area contributed by atoms with E-state index in [4.69, 9.17) is 4.74 Å². The van der Waals surface area contributed by atoms with Crippen LogP contribution in [0.15, 0.2) is 24.3 Å². The number of rotatable bonds is 6. The lowest BCUT2D eigenvalue weighted by Gasteiger charge is -2.36. The summed E-state index contributed by atoms with van der Waals surface area (Å²) in [6.07, 6.45) is -2.12. The average Bonchev–Trinajstić information content (AvgIpc) is 2.47. The maximum absolute atomic E-state index is 12.5. The molecule has 0 unspecified atom stereocenters. The highest BCUT2D eigenvalue weighted by atomic mass is 19.4. The standard InChI is InChI=1S/C15H19F3N2O3/c16-15(17,18)11-3-1-4-12(9-11)23-8-7-19-13(21)20-10-14(22)5-2-6-14/h1,3-4,9,22H,2,5-8,10H2,(H2,19,20,21). The van der Waals surface area contributed by atoms with Gasteiger partial charge in [0.15, 0.2) is 0 Å². The van der Waals surface area contributed by atoms with E-state index in [1.165, 1.54) is 12.1 Å². The van der Waals surface area contributed by atoms with Gasteiger partial charge in [0, 0.05) is 6.54 Å². The van der Waals surface area contributed by atoms with E-state index in [1.54, 1.807) is 0 Å². The van der Waals surface area contributed by atoms with Crippen LogP contribution in [-0.2, 0) is 6.18 Å². The van der Waals surface area contributed by atoms with Crippen molar-refractivity contribution in [1.29, 1.82) is 0 Å². The first-order valence-electron chi connectivity index (χ1n) is 7.33. The Bertz CT molecular complexity index is 545. The van der Waals surface area contributed by atoms with Gasteiger partial charge in [0.1, 0.15) is 12.4 Å². The van der Waals surface area contributed by atoms with E-state index >= 15 is 0 Å². The fourth-order valence-electron chi connectivity index (χ4n) is 2.16. The molecule has 2 amide bonds. The Balaban J connectivity index is 1.66. The van der Waals surface area contributed by atoms with E-state index in [0.717, 1.165) is 18.6 Å². The van der Waals surface area contributed by atoms with Crippen LogP contribution in [0.1, 0.15) is 24.8 Å². The quantitative estimate of drug-likeness (QED) is 0.700. The molecule has 0 saturated heterocycles. The largest absolute Gasteiger partial charge is 0.492 e.